The third kappa shape index (κ3) is 2.22. The molecule has 0 aliphatic rings. The summed E-state index contributed by atoms with van der Waals surface area (Å²) < 4.78 is 17.6. The number of hydrogen-bond acceptors (Lipinski definition) is 3. The van der Waals surface area contributed by atoms with Gasteiger partial charge < -0.3 is 9.72 Å². The van der Waals surface area contributed by atoms with Gasteiger partial charge in [-0.15, -0.1) is 0 Å². The summed E-state index contributed by atoms with van der Waals surface area (Å²) in [7, 11) is 1.28. The van der Waals surface area contributed by atoms with Crippen LogP contribution in [-0.2, 0) is 4.74 Å². The highest BCUT2D eigenvalue weighted by Crippen LogP contribution is 2.23. The summed E-state index contributed by atoms with van der Waals surface area (Å²) in [5, 5.41) is 0.00108. The molecule has 2 aromatic rings. The fraction of sp³-hybridized carbons (Fsp3) is 0.167. The van der Waals surface area contributed by atoms with Gasteiger partial charge in [0.15, 0.2) is 5.69 Å². The number of aryl methyl sites for hydroxylation is 1. The molecule has 18 heavy (non-hydrogen) atoms. The number of halogens is 2. The smallest absolute Gasteiger partial charge is 0.358 e. The predicted molar refractivity (Wildman–Crippen MR) is 65.1 cm³/mol. The van der Waals surface area contributed by atoms with Gasteiger partial charge in [0.1, 0.15) is 11.6 Å². The van der Waals surface area contributed by atoms with Crippen molar-refractivity contribution in [3.05, 3.63) is 40.4 Å². The number of nitrogens with zero attached hydrogens (tertiary/aromatic N) is 1. The Hall–Kier alpha value is -1.88. The monoisotopic (exact) mass is 268 g/mol. The van der Waals surface area contributed by atoms with Gasteiger partial charge in [-0.1, -0.05) is 11.6 Å². The van der Waals surface area contributed by atoms with Crippen LogP contribution >= 0.6 is 11.6 Å². The lowest BCUT2D eigenvalue weighted by atomic mass is 10.2. The summed E-state index contributed by atoms with van der Waals surface area (Å²) in [6.45, 7) is 1.70. The lowest BCUT2D eigenvalue weighted by Gasteiger charge is -1.98. The fourth-order valence-electron chi connectivity index (χ4n) is 1.54. The Balaban J connectivity index is 2.45. The van der Waals surface area contributed by atoms with Gasteiger partial charge in [-0.05, 0) is 25.1 Å². The minimum atomic E-state index is -0.525. The number of imidazole rings is 1. The summed E-state index contributed by atoms with van der Waals surface area (Å²) in [6, 6.07) is 4.21. The van der Waals surface area contributed by atoms with Crippen LogP contribution in [0.4, 0.5) is 4.39 Å². The number of aromatic amines is 1. The van der Waals surface area contributed by atoms with Crippen LogP contribution in [-0.4, -0.2) is 23.0 Å². The van der Waals surface area contributed by atoms with E-state index in [0.717, 1.165) is 0 Å². The van der Waals surface area contributed by atoms with Crippen molar-refractivity contribution in [3.63, 3.8) is 0 Å². The van der Waals surface area contributed by atoms with E-state index in [4.69, 9.17) is 11.6 Å². The van der Waals surface area contributed by atoms with Gasteiger partial charge >= 0.3 is 5.97 Å². The first-order chi connectivity index (χ1) is 8.52. The first-order valence-electron chi connectivity index (χ1n) is 5.13. The van der Waals surface area contributed by atoms with Gasteiger partial charge in [0.25, 0.3) is 0 Å². The van der Waals surface area contributed by atoms with Gasteiger partial charge in [-0.2, -0.15) is 0 Å². The van der Waals surface area contributed by atoms with E-state index < -0.39 is 11.8 Å². The lowest BCUT2D eigenvalue weighted by molar-refractivity contribution is 0.0594. The number of carbonyl (C=O) groups is 1. The number of H-pyrrole nitrogens is 1. The van der Waals surface area contributed by atoms with Crippen LogP contribution in [0, 0.1) is 12.7 Å². The minimum Gasteiger partial charge on any atom is -0.464 e. The van der Waals surface area contributed by atoms with E-state index in [2.05, 4.69) is 14.7 Å². The Morgan fingerprint density at radius 1 is 1.50 bits per heavy atom. The number of nitrogens with one attached hydrogen (secondary N) is 1. The zero-order chi connectivity index (χ0) is 13.3. The topological polar surface area (TPSA) is 55.0 Å². The van der Waals surface area contributed by atoms with E-state index in [0.29, 0.717) is 17.1 Å². The van der Waals surface area contributed by atoms with Crippen LogP contribution in [0.2, 0.25) is 5.02 Å². The molecule has 0 radical (unpaired) electrons. The van der Waals surface area contributed by atoms with E-state index in [9.17, 15) is 9.18 Å². The highest BCUT2D eigenvalue weighted by molar-refractivity contribution is 6.31. The molecule has 1 heterocycles. The number of benzene rings is 1. The molecule has 2 rings (SSSR count). The van der Waals surface area contributed by atoms with Crippen LogP contribution < -0.4 is 0 Å². The van der Waals surface area contributed by atoms with Gasteiger partial charge in [0, 0.05) is 11.3 Å². The fourth-order valence-corrected chi connectivity index (χ4v) is 1.72. The van der Waals surface area contributed by atoms with Gasteiger partial charge in [0.2, 0.25) is 0 Å². The lowest BCUT2D eigenvalue weighted by Crippen LogP contribution is -2.03. The molecule has 1 aromatic heterocycles. The van der Waals surface area contributed by atoms with Crippen molar-refractivity contribution in [2.24, 2.45) is 0 Å². The first-order valence-corrected chi connectivity index (χ1v) is 5.51. The molecule has 4 nitrogen and oxygen atoms in total. The maximum atomic E-state index is 13.0. The van der Waals surface area contributed by atoms with E-state index >= 15 is 0 Å². The maximum Gasteiger partial charge on any atom is 0.358 e. The zero-order valence-electron chi connectivity index (χ0n) is 9.75. The number of rotatable bonds is 2. The summed E-state index contributed by atoms with van der Waals surface area (Å²) in [5.41, 5.74) is 1.38. The second-order valence-electron chi connectivity index (χ2n) is 3.68. The Morgan fingerprint density at radius 3 is 2.83 bits per heavy atom. The quantitative estimate of drug-likeness (QED) is 0.852. The molecule has 0 unspecified atom stereocenters. The van der Waals surface area contributed by atoms with Crippen molar-refractivity contribution < 1.29 is 13.9 Å². The van der Waals surface area contributed by atoms with Crippen molar-refractivity contribution in [1.29, 1.82) is 0 Å². The summed E-state index contributed by atoms with van der Waals surface area (Å²) in [5.74, 6) is -0.588. The van der Waals surface area contributed by atoms with Crippen molar-refractivity contribution in [2.75, 3.05) is 7.11 Å². The van der Waals surface area contributed by atoms with Crippen LogP contribution in [0.3, 0.4) is 0 Å². The molecule has 0 saturated heterocycles. The molecule has 0 aliphatic heterocycles. The van der Waals surface area contributed by atoms with E-state index in [1.165, 1.54) is 25.3 Å². The summed E-state index contributed by atoms with van der Waals surface area (Å²) in [6.07, 6.45) is 0. The largest absolute Gasteiger partial charge is 0.464 e. The molecular formula is C12H10ClFN2O2. The molecule has 0 amide bonds. The van der Waals surface area contributed by atoms with Gasteiger partial charge in [0.05, 0.1) is 12.1 Å². The zero-order valence-corrected chi connectivity index (χ0v) is 10.5. The number of hydrogen-bond donors (Lipinski definition) is 1. The molecule has 0 bridgehead atoms. The molecule has 6 heteroatoms. The molecule has 1 aromatic carbocycles. The summed E-state index contributed by atoms with van der Waals surface area (Å²) >= 11 is 5.69. The third-order valence-electron chi connectivity index (χ3n) is 2.46. The number of aromatic nitrogens is 2. The molecule has 0 spiro atoms. The number of esters is 1. The number of methoxy groups -OCH3 is 1. The Kier molecular flexibility index (Phi) is 3.34. The Bertz CT molecular complexity index is 610. The second kappa shape index (κ2) is 4.78. The average molecular weight is 269 g/mol. The second-order valence-corrected chi connectivity index (χ2v) is 4.09. The highest BCUT2D eigenvalue weighted by Gasteiger charge is 2.16. The van der Waals surface area contributed by atoms with E-state index in [1.54, 1.807) is 6.92 Å². The summed E-state index contributed by atoms with van der Waals surface area (Å²) in [4.78, 5) is 18.4. The SMILES string of the molecule is COC(=O)c1nc(-c2ccc(F)c(Cl)c2)[nH]c1C. The Morgan fingerprint density at radius 2 is 2.22 bits per heavy atom. The van der Waals surface area contributed by atoms with Gasteiger partial charge in [-0.25, -0.2) is 14.2 Å². The molecule has 0 atom stereocenters. The van der Waals surface area contributed by atoms with E-state index in [1.807, 2.05) is 0 Å². The first kappa shape index (κ1) is 12.6. The number of ether oxygens (including phenoxy) is 1. The van der Waals surface area contributed by atoms with Crippen molar-refractivity contribution >= 4 is 17.6 Å². The normalized spacial score (nSPS) is 10.4. The minimum absolute atomic E-state index is 0.00108. The average Bonchev–Trinajstić information content (AvgIpc) is 2.74. The predicted octanol–water partition coefficient (Wildman–Crippen LogP) is 2.96. The van der Waals surface area contributed by atoms with Crippen LogP contribution in [0.5, 0.6) is 0 Å². The molecular weight excluding hydrogens is 259 g/mol. The van der Waals surface area contributed by atoms with Gasteiger partial charge in [-0.3, -0.25) is 0 Å². The molecule has 0 saturated carbocycles. The van der Waals surface area contributed by atoms with E-state index in [-0.39, 0.29) is 10.7 Å². The van der Waals surface area contributed by atoms with Crippen LogP contribution in [0.25, 0.3) is 11.4 Å². The van der Waals surface area contributed by atoms with Crippen molar-refractivity contribution in [1.82, 2.24) is 9.97 Å². The molecule has 1 N–H and O–H groups in total. The Labute approximate surface area is 108 Å². The van der Waals surface area contributed by atoms with Crippen LogP contribution in [0.15, 0.2) is 18.2 Å². The van der Waals surface area contributed by atoms with Crippen molar-refractivity contribution in [3.8, 4) is 11.4 Å². The third-order valence-corrected chi connectivity index (χ3v) is 2.75. The van der Waals surface area contributed by atoms with Crippen molar-refractivity contribution in [2.45, 2.75) is 6.92 Å². The standard InChI is InChI=1S/C12H10ClFN2O2/c1-6-10(12(17)18-2)16-11(15-6)7-3-4-9(14)8(13)5-7/h3-5H,1-2H3,(H,15,16). The van der Waals surface area contributed by atoms with Crippen LogP contribution in [0.1, 0.15) is 16.2 Å². The highest BCUT2D eigenvalue weighted by atomic mass is 35.5. The maximum absolute atomic E-state index is 13.0. The molecule has 0 fully saturated rings. The number of carbonyl (C=O) groups excluding carboxylic acids is 1. The molecule has 94 valence electrons. The molecule has 0 aliphatic carbocycles.